The highest BCUT2D eigenvalue weighted by Gasteiger charge is 2.12. The molecule has 5 heteroatoms. The lowest BCUT2D eigenvalue weighted by atomic mass is 10.1. The minimum Gasteiger partial charge on any atom is -0.489 e. The molecule has 0 saturated heterocycles. The molecular formula is C15H12BrFO3. The van der Waals surface area contributed by atoms with Crippen LogP contribution in [0.2, 0.25) is 0 Å². The molecule has 20 heavy (non-hydrogen) atoms. The second kappa shape index (κ2) is 6.52. The van der Waals surface area contributed by atoms with E-state index >= 15 is 0 Å². The fraction of sp³-hybridized carbons (Fsp3) is 0.133. The van der Waals surface area contributed by atoms with Gasteiger partial charge < -0.3 is 9.47 Å². The molecule has 2 aromatic rings. The lowest BCUT2D eigenvalue weighted by Crippen LogP contribution is -2.08. The SMILES string of the molecule is COC(=O)c1cc(Br)ccc1COc1ccc(F)cc1. The average Bonchev–Trinajstić information content (AvgIpc) is 2.46. The van der Waals surface area contributed by atoms with Crippen LogP contribution in [0.4, 0.5) is 4.39 Å². The van der Waals surface area contributed by atoms with Crippen LogP contribution in [0.1, 0.15) is 15.9 Å². The summed E-state index contributed by atoms with van der Waals surface area (Å²) in [7, 11) is 1.33. The molecule has 0 aliphatic rings. The second-order valence-electron chi connectivity index (χ2n) is 4.04. The summed E-state index contributed by atoms with van der Waals surface area (Å²) in [5.41, 5.74) is 1.13. The van der Waals surface area contributed by atoms with E-state index in [0.717, 1.165) is 4.47 Å². The molecule has 0 heterocycles. The van der Waals surface area contributed by atoms with Crippen molar-refractivity contribution in [3.8, 4) is 5.75 Å². The smallest absolute Gasteiger partial charge is 0.338 e. The Morgan fingerprint density at radius 2 is 1.90 bits per heavy atom. The van der Waals surface area contributed by atoms with Gasteiger partial charge in [0.25, 0.3) is 0 Å². The number of halogens is 2. The first kappa shape index (κ1) is 14.5. The van der Waals surface area contributed by atoms with Crippen molar-refractivity contribution in [3.05, 3.63) is 63.9 Å². The summed E-state index contributed by atoms with van der Waals surface area (Å²) in [6, 6.07) is 11.0. The fourth-order valence-corrected chi connectivity index (χ4v) is 2.03. The number of esters is 1. The van der Waals surface area contributed by atoms with Gasteiger partial charge in [-0.15, -0.1) is 0 Å². The largest absolute Gasteiger partial charge is 0.489 e. The Hall–Kier alpha value is -1.88. The molecule has 0 spiro atoms. The number of rotatable bonds is 4. The molecule has 3 nitrogen and oxygen atoms in total. The lowest BCUT2D eigenvalue weighted by Gasteiger charge is -2.10. The Morgan fingerprint density at radius 3 is 2.55 bits per heavy atom. The molecule has 0 aromatic heterocycles. The Balaban J connectivity index is 2.16. The van der Waals surface area contributed by atoms with Crippen LogP contribution in [-0.4, -0.2) is 13.1 Å². The molecule has 0 radical (unpaired) electrons. The van der Waals surface area contributed by atoms with Gasteiger partial charge >= 0.3 is 5.97 Å². The van der Waals surface area contributed by atoms with Crippen molar-refractivity contribution in [1.29, 1.82) is 0 Å². The van der Waals surface area contributed by atoms with Crippen molar-refractivity contribution >= 4 is 21.9 Å². The number of methoxy groups -OCH3 is 1. The van der Waals surface area contributed by atoms with Gasteiger partial charge in [-0.25, -0.2) is 9.18 Å². The Labute approximate surface area is 124 Å². The molecule has 0 atom stereocenters. The Bertz CT molecular complexity index is 611. The van der Waals surface area contributed by atoms with E-state index in [2.05, 4.69) is 15.9 Å². The third kappa shape index (κ3) is 3.57. The summed E-state index contributed by atoms with van der Waals surface area (Å²) < 4.78 is 23.8. The highest BCUT2D eigenvalue weighted by atomic mass is 79.9. The zero-order chi connectivity index (χ0) is 14.5. The highest BCUT2D eigenvalue weighted by Crippen LogP contribution is 2.20. The van der Waals surface area contributed by atoms with Gasteiger partial charge in [-0.3, -0.25) is 0 Å². The van der Waals surface area contributed by atoms with Gasteiger partial charge in [-0.1, -0.05) is 22.0 Å². The van der Waals surface area contributed by atoms with Gasteiger partial charge in [-0.05, 0) is 36.4 Å². The maximum atomic E-state index is 12.8. The fourth-order valence-electron chi connectivity index (χ4n) is 1.67. The number of benzene rings is 2. The first-order valence-electron chi connectivity index (χ1n) is 5.85. The summed E-state index contributed by atoms with van der Waals surface area (Å²) in [5.74, 6) is -0.217. The van der Waals surface area contributed by atoms with E-state index in [1.165, 1.54) is 31.4 Å². The zero-order valence-corrected chi connectivity index (χ0v) is 12.3. The number of hydrogen-bond acceptors (Lipinski definition) is 3. The van der Waals surface area contributed by atoms with Crippen molar-refractivity contribution in [2.75, 3.05) is 7.11 Å². The third-order valence-corrected chi connectivity index (χ3v) is 3.18. The average molecular weight is 339 g/mol. The van der Waals surface area contributed by atoms with Gasteiger partial charge in [0.1, 0.15) is 18.2 Å². The van der Waals surface area contributed by atoms with Crippen LogP contribution >= 0.6 is 15.9 Å². The minimum absolute atomic E-state index is 0.198. The van der Waals surface area contributed by atoms with Crippen LogP contribution in [0, 0.1) is 5.82 Å². The van der Waals surface area contributed by atoms with Crippen molar-refractivity contribution in [3.63, 3.8) is 0 Å². The third-order valence-electron chi connectivity index (χ3n) is 2.69. The van der Waals surface area contributed by atoms with Crippen LogP contribution in [0.5, 0.6) is 5.75 Å². The topological polar surface area (TPSA) is 35.5 Å². The van der Waals surface area contributed by atoms with E-state index in [-0.39, 0.29) is 12.4 Å². The number of carbonyl (C=O) groups excluding carboxylic acids is 1. The molecular weight excluding hydrogens is 327 g/mol. The predicted octanol–water partition coefficient (Wildman–Crippen LogP) is 3.95. The van der Waals surface area contributed by atoms with E-state index in [0.29, 0.717) is 16.9 Å². The summed E-state index contributed by atoms with van der Waals surface area (Å²) in [5, 5.41) is 0. The van der Waals surface area contributed by atoms with E-state index < -0.39 is 5.97 Å². The van der Waals surface area contributed by atoms with Crippen LogP contribution < -0.4 is 4.74 Å². The Morgan fingerprint density at radius 1 is 1.20 bits per heavy atom. The minimum atomic E-state index is -0.427. The molecule has 2 aromatic carbocycles. The van der Waals surface area contributed by atoms with Crippen LogP contribution in [0.3, 0.4) is 0 Å². The second-order valence-corrected chi connectivity index (χ2v) is 4.95. The Kier molecular flexibility index (Phi) is 4.74. The molecule has 104 valence electrons. The van der Waals surface area contributed by atoms with Crippen molar-refractivity contribution < 1.29 is 18.7 Å². The van der Waals surface area contributed by atoms with Gasteiger partial charge in [0.05, 0.1) is 12.7 Å². The van der Waals surface area contributed by atoms with E-state index in [1.807, 2.05) is 6.07 Å². The molecule has 2 rings (SSSR count). The van der Waals surface area contributed by atoms with Gasteiger partial charge in [0, 0.05) is 10.0 Å². The van der Waals surface area contributed by atoms with Gasteiger partial charge in [0.15, 0.2) is 0 Å². The molecule has 0 aliphatic carbocycles. The maximum absolute atomic E-state index is 12.8. The molecule has 0 N–H and O–H groups in total. The molecule has 0 amide bonds. The van der Waals surface area contributed by atoms with Crippen molar-refractivity contribution in [2.45, 2.75) is 6.61 Å². The van der Waals surface area contributed by atoms with Crippen molar-refractivity contribution in [2.24, 2.45) is 0 Å². The zero-order valence-electron chi connectivity index (χ0n) is 10.7. The standard InChI is InChI=1S/C15H12BrFO3/c1-19-15(18)14-8-11(16)3-2-10(14)9-20-13-6-4-12(17)5-7-13/h2-8H,9H2,1H3. The summed E-state index contributed by atoms with van der Waals surface area (Å²) >= 11 is 3.31. The van der Waals surface area contributed by atoms with Crippen LogP contribution in [0.15, 0.2) is 46.9 Å². The number of hydrogen-bond donors (Lipinski definition) is 0. The highest BCUT2D eigenvalue weighted by molar-refractivity contribution is 9.10. The predicted molar refractivity (Wildman–Crippen MR) is 76.2 cm³/mol. The quantitative estimate of drug-likeness (QED) is 0.791. The summed E-state index contributed by atoms with van der Waals surface area (Å²) in [6.07, 6.45) is 0. The van der Waals surface area contributed by atoms with Crippen LogP contribution in [0.25, 0.3) is 0 Å². The monoisotopic (exact) mass is 338 g/mol. The number of carbonyl (C=O) groups is 1. The maximum Gasteiger partial charge on any atom is 0.338 e. The molecule has 0 fully saturated rings. The molecule has 0 bridgehead atoms. The molecule has 0 saturated carbocycles. The van der Waals surface area contributed by atoms with Gasteiger partial charge in [0.2, 0.25) is 0 Å². The van der Waals surface area contributed by atoms with E-state index in [9.17, 15) is 9.18 Å². The van der Waals surface area contributed by atoms with E-state index in [4.69, 9.17) is 9.47 Å². The molecule has 0 unspecified atom stereocenters. The van der Waals surface area contributed by atoms with E-state index in [1.54, 1.807) is 12.1 Å². The normalized spacial score (nSPS) is 10.2. The lowest BCUT2D eigenvalue weighted by molar-refractivity contribution is 0.0597. The first-order chi connectivity index (χ1) is 9.60. The van der Waals surface area contributed by atoms with Crippen molar-refractivity contribution in [1.82, 2.24) is 0 Å². The van der Waals surface area contributed by atoms with Gasteiger partial charge in [-0.2, -0.15) is 0 Å². The molecule has 0 aliphatic heterocycles. The van der Waals surface area contributed by atoms with Crippen LogP contribution in [-0.2, 0) is 11.3 Å². The summed E-state index contributed by atoms with van der Waals surface area (Å²) in [6.45, 7) is 0.198. The first-order valence-corrected chi connectivity index (χ1v) is 6.64. The number of ether oxygens (including phenoxy) is 2. The summed E-state index contributed by atoms with van der Waals surface area (Å²) in [4.78, 5) is 11.7.